The fourth-order valence-corrected chi connectivity index (χ4v) is 1.37. The summed E-state index contributed by atoms with van der Waals surface area (Å²) in [6.07, 6.45) is 0.418. The maximum atomic E-state index is 11.4. The van der Waals surface area contributed by atoms with Crippen LogP contribution < -0.4 is 5.32 Å². The SMILES string of the molecule is COC(=O)C(Cc1cc[c-]cc1)NC(C)=O.[N-]=[N+]=[N-].[W+2].[W].[W].[W]. The van der Waals surface area contributed by atoms with Crippen LogP contribution in [-0.4, -0.2) is 25.0 Å². The van der Waals surface area contributed by atoms with Gasteiger partial charge in [0.2, 0.25) is 5.91 Å². The van der Waals surface area contributed by atoms with Gasteiger partial charge >= 0.3 is 27.0 Å². The molecule has 0 saturated heterocycles. The molecular formula is C12H14N4O3W4. The summed E-state index contributed by atoms with van der Waals surface area (Å²) in [6.45, 7) is 1.37. The Morgan fingerprint density at radius 2 is 1.70 bits per heavy atom. The molecule has 0 bridgehead atoms. The van der Waals surface area contributed by atoms with Crippen molar-refractivity contribution in [3.8, 4) is 0 Å². The van der Waals surface area contributed by atoms with Crippen molar-refractivity contribution >= 4 is 11.9 Å². The minimum absolute atomic E-state index is 0. The van der Waals surface area contributed by atoms with Gasteiger partial charge in [0, 0.05) is 70.1 Å². The summed E-state index contributed by atoms with van der Waals surface area (Å²) in [7, 11) is 1.30. The number of carbonyl (C=O) groups excluding carboxylic acids is 2. The van der Waals surface area contributed by atoms with E-state index in [9.17, 15) is 9.59 Å². The van der Waals surface area contributed by atoms with Crippen LogP contribution in [0.2, 0.25) is 0 Å². The summed E-state index contributed by atoms with van der Waals surface area (Å²) in [5, 5.41) is 2.56. The van der Waals surface area contributed by atoms with Crippen molar-refractivity contribution in [2.75, 3.05) is 7.11 Å². The number of rotatable bonds is 4. The molecule has 1 rings (SSSR count). The van der Waals surface area contributed by atoms with Gasteiger partial charge in [0.25, 0.3) is 0 Å². The van der Waals surface area contributed by atoms with Crippen LogP contribution in [0, 0.1) is 6.07 Å². The Hall–Kier alpha value is 0.223. The fraction of sp³-hybridized carbons (Fsp3) is 0.333. The number of carbonyl (C=O) groups is 2. The third-order valence-corrected chi connectivity index (χ3v) is 2.09. The summed E-state index contributed by atoms with van der Waals surface area (Å²) >= 11 is 0. The van der Waals surface area contributed by atoms with E-state index in [1.165, 1.54) is 18.9 Å². The molecule has 0 spiro atoms. The van der Waals surface area contributed by atoms with Crippen molar-refractivity contribution in [3.05, 3.63) is 51.9 Å². The molecule has 1 N–H and O–H groups in total. The molecule has 0 aliphatic carbocycles. The van der Waals surface area contributed by atoms with Crippen LogP contribution in [0.3, 0.4) is 0 Å². The fourth-order valence-electron chi connectivity index (χ4n) is 1.37. The van der Waals surface area contributed by atoms with Gasteiger partial charge in [-0.15, -0.1) is 0 Å². The topological polar surface area (TPSA) is 114 Å². The number of esters is 1. The number of nitrogens with one attached hydrogen (secondary N) is 1. The Labute approximate surface area is 192 Å². The molecule has 124 valence electrons. The molecule has 11 heteroatoms. The number of ether oxygens (including phenoxy) is 1. The smallest absolute Gasteiger partial charge is 0.467 e. The van der Waals surface area contributed by atoms with Crippen molar-refractivity contribution in [1.82, 2.24) is 5.32 Å². The zero-order valence-electron chi connectivity index (χ0n) is 12.3. The zero-order chi connectivity index (χ0) is 14.7. The Bertz CT molecular complexity index is 457. The van der Waals surface area contributed by atoms with E-state index in [2.05, 4.69) is 16.1 Å². The van der Waals surface area contributed by atoms with Gasteiger partial charge in [0.05, 0.1) is 7.11 Å². The third-order valence-electron chi connectivity index (χ3n) is 2.09. The quantitative estimate of drug-likeness (QED) is 0.163. The molecule has 0 radical (unpaired) electrons. The van der Waals surface area contributed by atoms with Crippen LogP contribution >= 0.6 is 0 Å². The van der Waals surface area contributed by atoms with Crippen molar-refractivity contribution in [1.29, 1.82) is 0 Å². The molecule has 0 fully saturated rings. The number of hydrogen-bond donors (Lipinski definition) is 1. The molecule has 1 aromatic rings. The number of methoxy groups -OCH3 is 1. The second-order valence-corrected chi connectivity index (χ2v) is 3.48. The number of hydrogen-bond acceptors (Lipinski definition) is 3. The first kappa shape index (κ1) is 34.5. The largest absolute Gasteiger partial charge is 2.00 e. The monoisotopic (exact) mass is 998 g/mol. The van der Waals surface area contributed by atoms with Crippen LogP contribution in [0.4, 0.5) is 0 Å². The van der Waals surface area contributed by atoms with E-state index in [1.807, 2.05) is 12.1 Å². The molecule has 1 aromatic carbocycles. The molecule has 7 nitrogen and oxygen atoms in total. The minimum Gasteiger partial charge on any atom is -0.467 e. The van der Waals surface area contributed by atoms with Gasteiger partial charge in [-0.25, -0.2) is 4.79 Å². The van der Waals surface area contributed by atoms with Gasteiger partial charge in [-0.2, -0.15) is 35.9 Å². The van der Waals surface area contributed by atoms with Gasteiger partial charge in [-0.05, 0) is 6.42 Å². The first-order valence-electron chi connectivity index (χ1n) is 5.33. The van der Waals surface area contributed by atoms with Crippen LogP contribution in [0.1, 0.15) is 12.5 Å². The Morgan fingerprint density at radius 3 is 2.04 bits per heavy atom. The van der Waals surface area contributed by atoms with Gasteiger partial charge < -0.3 is 21.1 Å². The molecule has 0 aromatic heterocycles. The molecular weight excluding hydrogens is 984 g/mol. The average molecular weight is 998 g/mol. The number of benzene rings is 1. The predicted octanol–water partition coefficient (Wildman–Crippen LogP) is 1.56. The van der Waals surface area contributed by atoms with E-state index in [0.29, 0.717) is 6.42 Å². The Kier molecular flexibility index (Phi) is 33.4. The molecule has 1 amide bonds. The van der Waals surface area contributed by atoms with Crippen LogP contribution in [-0.2, 0) is 105 Å². The van der Waals surface area contributed by atoms with Gasteiger partial charge in [0.1, 0.15) is 6.04 Å². The standard InChI is InChI=1S/C12H14NO3.N3.4W/c1-9(14)13-11(12(15)16-2)8-10-6-4-3-5-7-10;1-3-2;;;;/h4-7,11H,8H2,1-2H3,(H,13,14);;;;;/q2*-1;;;;+2. The molecule has 23 heavy (non-hydrogen) atoms. The first-order valence-corrected chi connectivity index (χ1v) is 5.33. The minimum atomic E-state index is -0.634. The van der Waals surface area contributed by atoms with Crippen molar-refractivity contribution in [2.24, 2.45) is 0 Å². The first-order chi connectivity index (χ1) is 9.04. The van der Waals surface area contributed by atoms with E-state index in [0.717, 1.165) is 5.56 Å². The summed E-state index contributed by atoms with van der Waals surface area (Å²) in [5.41, 5.74) is 14.4. The number of nitrogens with zero attached hydrogens (tertiary/aromatic N) is 3. The van der Waals surface area contributed by atoms with Crippen LogP contribution in [0.15, 0.2) is 24.3 Å². The molecule has 0 aliphatic rings. The van der Waals surface area contributed by atoms with Crippen molar-refractivity contribution < 1.29 is 98.6 Å². The molecule has 0 saturated carbocycles. The third kappa shape index (κ3) is 18.4. The molecule has 1 unspecified atom stereocenters. The maximum Gasteiger partial charge on any atom is 2.00 e. The van der Waals surface area contributed by atoms with Crippen LogP contribution in [0.25, 0.3) is 16.0 Å². The van der Waals surface area contributed by atoms with E-state index in [1.54, 1.807) is 12.1 Å². The number of amides is 1. The van der Waals surface area contributed by atoms with E-state index >= 15 is 0 Å². The second kappa shape index (κ2) is 22.2. The second-order valence-electron chi connectivity index (χ2n) is 3.48. The zero-order valence-corrected chi connectivity index (χ0v) is 24.0. The van der Waals surface area contributed by atoms with Gasteiger partial charge in [-0.1, -0.05) is 0 Å². The van der Waals surface area contributed by atoms with E-state index in [-0.39, 0.29) is 90.2 Å². The van der Waals surface area contributed by atoms with Crippen molar-refractivity contribution in [3.63, 3.8) is 0 Å². The molecule has 0 heterocycles. The van der Waals surface area contributed by atoms with Crippen LogP contribution in [0.5, 0.6) is 0 Å². The maximum absolute atomic E-state index is 11.4. The Morgan fingerprint density at radius 1 is 1.26 bits per heavy atom. The van der Waals surface area contributed by atoms with E-state index < -0.39 is 12.0 Å². The Balaban J connectivity index is -0.000000143. The molecule has 0 aliphatic heterocycles. The molecule has 1 atom stereocenters. The average Bonchev–Trinajstić information content (AvgIpc) is 2.38. The van der Waals surface area contributed by atoms with E-state index in [4.69, 9.17) is 11.1 Å². The van der Waals surface area contributed by atoms with Gasteiger partial charge in [0.15, 0.2) is 0 Å². The normalized spacial score (nSPS) is 8.43. The summed E-state index contributed by atoms with van der Waals surface area (Å²) in [5.74, 6) is -0.694. The predicted molar refractivity (Wildman–Crippen MR) is 68.7 cm³/mol. The summed E-state index contributed by atoms with van der Waals surface area (Å²) in [6, 6.07) is 9.46. The van der Waals surface area contributed by atoms with Gasteiger partial charge in [-0.3, -0.25) is 9.71 Å². The summed E-state index contributed by atoms with van der Waals surface area (Å²) < 4.78 is 4.62. The summed E-state index contributed by atoms with van der Waals surface area (Å²) in [4.78, 5) is 23.8. The van der Waals surface area contributed by atoms with Crippen molar-refractivity contribution in [2.45, 2.75) is 19.4 Å².